The number of nitrogens with two attached hydrogens (primary N) is 1. The molecule has 0 saturated carbocycles. The van der Waals surface area contributed by atoms with Crippen molar-refractivity contribution in [2.45, 2.75) is 27.0 Å². The van der Waals surface area contributed by atoms with E-state index in [9.17, 15) is 0 Å². The van der Waals surface area contributed by atoms with Crippen molar-refractivity contribution in [3.05, 3.63) is 60.4 Å². The smallest absolute Gasteiger partial charge is 0.152 e. The molecule has 2 heterocycles. The number of anilines is 1. The molecule has 2 N–H and O–H groups in total. The van der Waals surface area contributed by atoms with Crippen LogP contribution in [0.1, 0.15) is 19.4 Å². The highest BCUT2D eigenvalue weighted by molar-refractivity contribution is 6.06. The van der Waals surface area contributed by atoms with E-state index in [0.717, 1.165) is 39.8 Å². The van der Waals surface area contributed by atoms with Crippen molar-refractivity contribution in [2.75, 3.05) is 5.73 Å². The zero-order chi connectivity index (χ0) is 18.1. The van der Waals surface area contributed by atoms with Crippen LogP contribution in [-0.4, -0.2) is 14.5 Å². The number of nitrogen functional groups attached to an aromatic ring is 1. The van der Waals surface area contributed by atoms with E-state index in [1.54, 1.807) is 0 Å². The number of benzene rings is 2. The SMILES string of the molecule is CC(C)Cn1cnc2c(N)nc3ccc(OCc4ccccc4)cc3c21. The predicted molar refractivity (Wildman–Crippen MR) is 105 cm³/mol. The van der Waals surface area contributed by atoms with Gasteiger partial charge in [0, 0.05) is 11.9 Å². The second-order valence-corrected chi connectivity index (χ2v) is 6.94. The lowest BCUT2D eigenvalue weighted by Gasteiger charge is -2.11. The number of rotatable bonds is 5. The summed E-state index contributed by atoms with van der Waals surface area (Å²) in [7, 11) is 0. The maximum absolute atomic E-state index is 6.12. The van der Waals surface area contributed by atoms with Gasteiger partial charge >= 0.3 is 0 Å². The number of pyridine rings is 1. The zero-order valence-electron chi connectivity index (χ0n) is 15.0. The Balaban J connectivity index is 1.77. The lowest BCUT2D eigenvalue weighted by atomic mass is 10.1. The normalized spacial score (nSPS) is 11.5. The molecule has 0 saturated heterocycles. The summed E-state index contributed by atoms with van der Waals surface area (Å²) in [5.41, 5.74) is 9.88. The quantitative estimate of drug-likeness (QED) is 0.581. The van der Waals surface area contributed by atoms with Crippen LogP contribution >= 0.6 is 0 Å². The summed E-state index contributed by atoms with van der Waals surface area (Å²) in [4.78, 5) is 8.98. The molecular weight excluding hydrogens is 324 g/mol. The van der Waals surface area contributed by atoms with E-state index < -0.39 is 0 Å². The number of ether oxygens (including phenoxy) is 1. The molecule has 2 aromatic carbocycles. The molecule has 4 aromatic rings. The Morgan fingerprint density at radius 3 is 2.69 bits per heavy atom. The van der Waals surface area contributed by atoms with Gasteiger partial charge in [-0.05, 0) is 29.7 Å². The van der Waals surface area contributed by atoms with Crippen molar-refractivity contribution in [1.29, 1.82) is 0 Å². The molecule has 0 amide bonds. The monoisotopic (exact) mass is 346 g/mol. The molecule has 0 radical (unpaired) electrons. The minimum Gasteiger partial charge on any atom is -0.489 e. The third kappa shape index (κ3) is 3.08. The molecule has 2 aromatic heterocycles. The molecule has 4 rings (SSSR count). The molecule has 0 aliphatic heterocycles. The molecule has 132 valence electrons. The number of nitrogens with zero attached hydrogens (tertiary/aromatic N) is 3. The fourth-order valence-corrected chi connectivity index (χ4v) is 3.20. The largest absolute Gasteiger partial charge is 0.489 e. The molecule has 5 nitrogen and oxygen atoms in total. The average molecular weight is 346 g/mol. The Kier molecular flexibility index (Phi) is 4.21. The number of fused-ring (bicyclic) bond motifs is 3. The number of aromatic nitrogens is 3. The maximum atomic E-state index is 6.12. The van der Waals surface area contributed by atoms with Crippen molar-refractivity contribution < 1.29 is 4.74 Å². The summed E-state index contributed by atoms with van der Waals surface area (Å²) in [5, 5.41) is 1.01. The summed E-state index contributed by atoms with van der Waals surface area (Å²) in [6, 6.07) is 16.1. The van der Waals surface area contributed by atoms with Gasteiger partial charge in [-0.15, -0.1) is 0 Å². The van der Waals surface area contributed by atoms with Gasteiger partial charge in [-0.25, -0.2) is 9.97 Å². The van der Waals surface area contributed by atoms with Crippen LogP contribution in [0.3, 0.4) is 0 Å². The Morgan fingerprint density at radius 1 is 1.12 bits per heavy atom. The lowest BCUT2D eigenvalue weighted by molar-refractivity contribution is 0.306. The Bertz CT molecular complexity index is 1050. The second-order valence-electron chi connectivity index (χ2n) is 6.94. The standard InChI is InChI=1S/C21H22N4O/c1-14(2)11-25-13-23-19-20(25)17-10-16(8-9-18(17)24-21(19)22)26-12-15-6-4-3-5-7-15/h3-10,13-14H,11-12H2,1-2H3,(H2,22,24). The van der Waals surface area contributed by atoms with E-state index in [2.05, 4.69) is 40.5 Å². The lowest BCUT2D eigenvalue weighted by Crippen LogP contribution is -2.04. The minimum atomic E-state index is 0.466. The van der Waals surface area contributed by atoms with Gasteiger partial charge in [0.25, 0.3) is 0 Å². The van der Waals surface area contributed by atoms with Crippen molar-refractivity contribution in [3.63, 3.8) is 0 Å². The Hall–Kier alpha value is -3.08. The van der Waals surface area contributed by atoms with Crippen molar-refractivity contribution >= 4 is 27.8 Å². The van der Waals surface area contributed by atoms with Gasteiger partial charge in [-0.3, -0.25) is 0 Å². The number of hydrogen-bond acceptors (Lipinski definition) is 4. The summed E-state index contributed by atoms with van der Waals surface area (Å²) in [5.74, 6) is 1.79. The van der Waals surface area contributed by atoms with Gasteiger partial charge in [0.15, 0.2) is 5.82 Å². The molecule has 0 spiro atoms. The van der Waals surface area contributed by atoms with Crippen LogP contribution in [0.15, 0.2) is 54.9 Å². The topological polar surface area (TPSA) is 66.0 Å². The Morgan fingerprint density at radius 2 is 1.92 bits per heavy atom. The highest BCUT2D eigenvalue weighted by Crippen LogP contribution is 2.30. The first-order valence-electron chi connectivity index (χ1n) is 8.82. The average Bonchev–Trinajstić information content (AvgIpc) is 3.05. The zero-order valence-corrected chi connectivity index (χ0v) is 15.0. The van der Waals surface area contributed by atoms with Gasteiger partial charge in [0.05, 0.1) is 17.4 Å². The van der Waals surface area contributed by atoms with Crippen LogP contribution in [-0.2, 0) is 13.2 Å². The van der Waals surface area contributed by atoms with Crippen molar-refractivity contribution in [2.24, 2.45) is 5.92 Å². The van der Waals surface area contributed by atoms with E-state index in [0.29, 0.717) is 18.3 Å². The summed E-state index contributed by atoms with van der Waals surface area (Å²) in [6.45, 7) is 5.78. The summed E-state index contributed by atoms with van der Waals surface area (Å²) < 4.78 is 8.14. The predicted octanol–water partition coefficient (Wildman–Crippen LogP) is 4.40. The van der Waals surface area contributed by atoms with Crippen LogP contribution in [0.25, 0.3) is 21.9 Å². The van der Waals surface area contributed by atoms with Gasteiger partial charge in [0.1, 0.15) is 17.9 Å². The Labute approximate surface area is 152 Å². The molecule has 0 aliphatic rings. The molecule has 0 unspecified atom stereocenters. The molecule has 0 bridgehead atoms. The highest BCUT2D eigenvalue weighted by atomic mass is 16.5. The molecule has 0 fully saturated rings. The maximum Gasteiger partial charge on any atom is 0.152 e. The van der Waals surface area contributed by atoms with Crippen molar-refractivity contribution in [3.8, 4) is 5.75 Å². The van der Waals surface area contributed by atoms with Gasteiger partial charge in [-0.2, -0.15) is 0 Å². The van der Waals surface area contributed by atoms with E-state index in [-0.39, 0.29) is 0 Å². The molecule has 26 heavy (non-hydrogen) atoms. The molecular formula is C21H22N4O. The first kappa shape index (κ1) is 16.4. The summed E-state index contributed by atoms with van der Waals surface area (Å²) >= 11 is 0. The fourth-order valence-electron chi connectivity index (χ4n) is 3.20. The van der Waals surface area contributed by atoms with Crippen LogP contribution in [0.2, 0.25) is 0 Å². The van der Waals surface area contributed by atoms with Crippen LogP contribution < -0.4 is 10.5 Å². The van der Waals surface area contributed by atoms with Crippen molar-refractivity contribution in [1.82, 2.24) is 14.5 Å². The van der Waals surface area contributed by atoms with Crippen LogP contribution in [0, 0.1) is 5.92 Å². The highest BCUT2D eigenvalue weighted by Gasteiger charge is 2.14. The third-order valence-electron chi connectivity index (χ3n) is 4.35. The first-order chi connectivity index (χ1) is 12.6. The van der Waals surface area contributed by atoms with E-state index in [4.69, 9.17) is 10.5 Å². The van der Waals surface area contributed by atoms with E-state index in [1.165, 1.54) is 0 Å². The molecule has 0 atom stereocenters. The van der Waals surface area contributed by atoms with Gasteiger partial charge in [0.2, 0.25) is 0 Å². The van der Waals surface area contributed by atoms with Crippen LogP contribution in [0.4, 0.5) is 5.82 Å². The second kappa shape index (κ2) is 6.67. The number of imidazole rings is 1. The third-order valence-corrected chi connectivity index (χ3v) is 4.35. The fraction of sp³-hybridized carbons (Fsp3) is 0.238. The van der Waals surface area contributed by atoms with Gasteiger partial charge < -0.3 is 15.0 Å². The number of hydrogen-bond donors (Lipinski definition) is 1. The summed E-state index contributed by atoms with van der Waals surface area (Å²) in [6.07, 6.45) is 1.85. The van der Waals surface area contributed by atoms with E-state index in [1.807, 2.05) is 42.7 Å². The first-order valence-corrected chi connectivity index (χ1v) is 8.82. The molecule has 5 heteroatoms. The van der Waals surface area contributed by atoms with Crippen LogP contribution in [0.5, 0.6) is 5.75 Å². The minimum absolute atomic E-state index is 0.466. The molecule has 0 aliphatic carbocycles. The van der Waals surface area contributed by atoms with E-state index >= 15 is 0 Å². The van der Waals surface area contributed by atoms with Gasteiger partial charge in [-0.1, -0.05) is 44.2 Å².